The number of carbonyl (C=O) groups excluding carboxylic acids is 2. The van der Waals surface area contributed by atoms with Gasteiger partial charge in [0, 0.05) is 12.1 Å². The average molecular weight is 423 g/mol. The Morgan fingerprint density at radius 3 is 2.66 bits per heavy atom. The molecule has 3 atom stereocenters. The second kappa shape index (κ2) is 8.87. The zero-order chi connectivity index (χ0) is 21.0. The molecule has 3 rings (SSSR count). The number of hydrogen-bond acceptors (Lipinski definition) is 5. The van der Waals surface area contributed by atoms with Gasteiger partial charge in [-0.05, 0) is 30.3 Å². The Balaban J connectivity index is 1.54. The summed E-state index contributed by atoms with van der Waals surface area (Å²) < 4.78 is 18.6. The van der Waals surface area contributed by atoms with Crippen LogP contribution in [0.2, 0.25) is 5.02 Å². The van der Waals surface area contributed by atoms with Crippen molar-refractivity contribution in [2.24, 2.45) is 0 Å². The lowest BCUT2D eigenvalue weighted by molar-refractivity contribution is -0.0464. The molecule has 0 radical (unpaired) electrons. The van der Waals surface area contributed by atoms with Gasteiger partial charge in [-0.3, -0.25) is 9.59 Å². The van der Waals surface area contributed by atoms with Gasteiger partial charge in [-0.25, -0.2) is 4.39 Å². The van der Waals surface area contributed by atoms with Crippen molar-refractivity contribution in [3.63, 3.8) is 0 Å². The number of ether oxygens (including phenoxy) is 1. The Labute approximate surface area is 171 Å². The highest BCUT2D eigenvalue weighted by atomic mass is 35.5. The summed E-state index contributed by atoms with van der Waals surface area (Å²) in [6.45, 7) is -0.617. The third kappa shape index (κ3) is 4.91. The van der Waals surface area contributed by atoms with Crippen molar-refractivity contribution in [1.82, 2.24) is 10.6 Å². The summed E-state index contributed by atoms with van der Waals surface area (Å²) in [5.74, 6) is -1.60. The Morgan fingerprint density at radius 1 is 1.17 bits per heavy atom. The van der Waals surface area contributed by atoms with Crippen LogP contribution in [0, 0.1) is 5.82 Å². The fraction of sp³-hybridized carbons (Fsp3) is 0.300. The second-order valence-electron chi connectivity index (χ2n) is 6.78. The molecule has 0 aromatic heterocycles. The molecule has 29 heavy (non-hydrogen) atoms. The van der Waals surface area contributed by atoms with E-state index in [1.54, 1.807) is 24.3 Å². The Hall–Kier alpha value is -2.52. The Bertz CT molecular complexity index is 912. The Kier molecular flexibility index (Phi) is 6.49. The van der Waals surface area contributed by atoms with Crippen molar-refractivity contribution in [3.05, 3.63) is 70.5 Å². The van der Waals surface area contributed by atoms with E-state index in [4.69, 9.17) is 16.3 Å². The summed E-state index contributed by atoms with van der Waals surface area (Å²) in [6.07, 6.45) is -2.24. The van der Waals surface area contributed by atoms with Crippen molar-refractivity contribution >= 4 is 23.4 Å². The predicted octanol–water partition coefficient (Wildman–Crippen LogP) is 1.13. The molecule has 7 nitrogen and oxygen atoms in total. The van der Waals surface area contributed by atoms with Crippen molar-refractivity contribution < 1.29 is 28.9 Å². The molecule has 1 heterocycles. The summed E-state index contributed by atoms with van der Waals surface area (Å²) in [7, 11) is 0. The maximum absolute atomic E-state index is 13.2. The van der Waals surface area contributed by atoms with Gasteiger partial charge in [0.15, 0.2) is 0 Å². The number of aliphatic hydroxyl groups is 2. The lowest BCUT2D eigenvalue weighted by atomic mass is 9.96. The van der Waals surface area contributed by atoms with E-state index >= 15 is 0 Å². The standard InChI is InChI=1S/C20H20ClFN2O5/c21-15-7-2-1-6-14(15)19(27)23-9-16-17(25)20(28,11-29-16)10-24-18(26)12-4-3-5-13(22)8-12/h1-8,16-17,25,28H,9-11H2,(H,23,27)(H,24,26)/t16-,17-,20+/m1/s1. The van der Waals surface area contributed by atoms with E-state index in [1.807, 2.05) is 0 Å². The molecule has 4 N–H and O–H groups in total. The van der Waals surface area contributed by atoms with Gasteiger partial charge in [0.05, 0.1) is 23.7 Å². The molecule has 2 amide bonds. The van der Waals surface area contributed by atoms with Gasteiger partial charge < -0.3 is 25.6 Å². The summed E-state index contributed by atoms with van der Waals surface area (Å²) in [4.78, 5) is 24.3. The number of carbonyl (C=O) groups is 2. The smallest absolute Gasteiger partial charge is 0.252 e. The van der Waals surface area contributed by atoms with Crippen molar-refractivity contribution in [2.75, 3.05) is 19.7 Å². The van der Waals surface area contributed by atoms with Gasteiger partial charge in [-0.15, -0.1) is 0 Å². The van der Waals surface area contributed by atoms with Crippen LogP contribution in [0.15, 0.2) is 48.5 Å². The van der Waals surface area contributed by atoms with Crippen LogP contribution in [0.1, 0.15) is 20.7 Å². The highest BCUT2D eigenvalue weighted by molar-refractivity contribution is 6.33. The first-order valence-corrected chi connectivity index (χ1v) is 9.26. The number of nitrogens with one attached hydrogen (secondary N) is 2. The zero-order valence-corrected chi connectivity index (χ0v) is 16.0. The number of rotatable bonds is 6. The first kappa shape index (κ1) is 21.2. The third-order valence-corrected chi connectivity index (χ3v) is 5.00. The summed E-state index contributed by atoms with van der Waals surface area (Å²) in [5, 5.41) is 26.4. The van der Waals surface area contributed by atoms with E-state index < -0.39 is 35.4 Å². The number of benzene rings is 2. The molecule has 0 spiro atoms. The second-order valence-corrected chi connectivity index (χ2v) is 7.19. The third-order valence-electron chi connectivity index (χ3n) is 4.67. The average Bonchev–Trinajstić information content (AvgIpc) is 2.99. The van der Waals surface area contributed by atoms with Gasteiger partial charge >= 0.3 is 0 Å². The van der Waals surface area contributed by atoms with Crippen LogP contribution in [-0.2, 0) is 4.74 Å². The van der Waals surface area contributed by atoms with Crippen LogP contribution in [0.4, 0.5) is 4.39 Å². The van der Waals surface area contributed by atoms with Crippen LogP contribution in [0.25, 0.3) is 0 Å². The molecule has 9 heteroatoms. The first-order chi connectivity index (χ1) is 13.8. The van der Waals surface area contributed by atoms with Crippen molar-refractivity contribution in [2.45, 2.75) is 17.8 Å². The van der Waals surface area contributed by atoms with E-state index in [1.165, 1.54) is 18.2 Å². The van der Waals surface area contributed by atoms with Crippen molar-refractivity contribution in [3.8, 4) is 0 Å². The molecule has 0 saturated carbocycles. The highest BCUT2D eigenvalue weighted by Crippen LogP contribution is 2.24. The largest absolute Gasteiger partial charge is 0.387 e. The van der Waals surface area contributed by atoms with E-state index in [0.29, 0.717) is 0 Å². The zero-order valence-electron chi connectivity index (χ0n) is 15.3. The van der Waals surface area contributed by atoms with Crippen LogP contribution in [0.3, 0.4) is 0 Å². The number of aliphatic hydroxyl groups excluding tert-OH is 1. The molecule has 0 bridgehead atoms. The fourth-order valence-electron chi connectivity index (χ4n) is 3.00. The quantitative estimate of drug-likeness (QED) is 0.558. The lowest BCUT2D eigenvalue weighted by Crippen LogP contribution is -2.53. The SMILES string of the molecule is O=C(NC[C@]1(O)CO[C@H](CNC(=O)c2ccccc2Cl)[C@H]1O)c1cccc(F)c1. The van der Waals surface area contributed by atoms with Crippen molar-refractivity contribution in [1.29, 1.82) is 0 Å². The molecule has 0 unspecified atom stereocenters. The van der Waals surface area contributed by atoms with E-state index in [-0.39, 0.29) is 35.8 Å². The predicted molar refractivity (Wildman–Crippen MR) is 103 cm³/mol. The Morgan fingerprint density at radius 2 is 1.93 bits per heavy atom. The first-order valence-electron chi connectivity index (χ1n) is 8.89. The summed E-state index contributed by atoms with van der Waals surface area (Å²) >= 11 is 5.97. The fourth-order valence-corrected chi connectivity index (χ4v) is 3.22. The van der Waals surface area contributed by atoms with Gasteiger partial charge in [-0.2, -0.15) is 0 Å². The van der Waals surface area contributed by atoms with E-state index in [2.05, 4.69) is 10.6 Å². The molecular weight excluding hydrogens is 403 g/mol. The number of halogens is 2. The highest BCUT2D eigenvalue weighted by Gasteiger charge is 2.48. The van der Waals surface area contributed by atoms with Gasteiger partial charge in [0.25, 0.3) is 11.8 Å². The molecule has 1 fully saturated rings. The molecule has 1 saturated heterocycles. The van der Waals surface area contributed by atoms with Gasteiger partial charge in [-0.1, -0.05) is 29.8 Å². The minimum Gasteiger partial charge on any atom is -0.387 e. The van der Waals surface area contributed by atoms with Crippen LogP contribution < -0.4 is 10.6 Å². The summed E-state index contributed by atoms with van der Waals surface area (Å²) in [6, 6.07) is 11.6. The number of hydrogen-bond donors (Lipinski definition) is 4. The molecule has 2 aromatic carbocycles. The minimum atomic E-state index is -1.75. The van der Waals surface area contributed by atoms with Gasteiger partial charge in [0.1, 0.15) is 23.6 Å². The monoisotopic (exact) mass is 422 g/mol. The molecule has 2 aromatic rings. The molecule has 154 valence electrons. The van der Waals surface area contributed by atoms with Crippen LogP contribution >= 0.6 is 11.6 Å². The topological polar surface area (TPSA) is 108 Å². The van der Waals surface area contributed by atoms with Crippen LogP contribution in [-0.4, -0.2) is 59.5 Å². The molecular formula is C20H20ClFN2O5. The maximum atomic E-state index is 13.2. The maximum Gasteiger partial charge on any atom is 0.252 e. The molecule has 0 aliphatic carbocycles. The number of amides is 2. The molecule has 1 aliphatic rings. The summed E-state index contributed by atoms with van der Waals surface area (Å²) in [5.41, 5.74) is -1.38. The van der Waals surface area contributed by atoms with E-state index in [9.17, 15) is 24.2 Å². The molecule has 1 aliphatic heterocycles. The van der Waals surface area contributed by atoms with Gasteiger partial charge in [0.2, 0.25) is 0 Å². The minimum absolute atomic E-state index is 0.0641. The van der Waals surface area contributed by atoms with Crippen LogP contribution in [0.5, 0.6) is 0 Å². The van der Waals surface area contributed by atoms with E-state index in [0.717, 1.165) is 6.07 Å². The lowest BCUT2D eigenvalue weighted by Gasteiger charge is -2.26. The normalized spacial score (nSPS) is 23.6.